The Bertz CT molecular complexity index is 1280. The molecule has 0 fully saturated rings. The van der Waals surface area contributed by atoms with Gasteiger partial charge in [-0.3, -0.25) is 9.78 Å². The number of rotatable bonds is 11. The Morgan fingerprint density at radius 3 is 2.38 bits per heavy atom. The summed E-state index contributed by atoms with van der Waals surface area (Å²) in [7, 11) is -3.33. The molecule has 0 saturated heterocycles. The quantitative estimate of drug-likeness (QED) is 0.238. The number of carbonyl (C=O) groups is 1. The van der Waals surface area contributed by atoms with Gasteiger partial charge in [0.1, 0.15) is 0 Å². The van der Waals surface area contributed by atoms with Gasteiger partial charge in [0.05, 0.1) is 24.6 Å². The fraction of sp³-hybridized carbons (Fsp3) is 0.500. The zero-order valence-corrected chi connectivity index (χ0v) is 27.5. The molecule has 0 bridgehead atoms. The number of hydrogen-bond donors (Lipinski definition) is 1. The summed E-state index contributed by atoms with van der Waals surface area (Å²) >= 11 is 0. The van der Waals surface area contributed by atoms with E-state index in [1.54, 1.807) is 6.20 Å². The fourth-order valence-electron chi connectivity index (χ4n) is 4.23. The summed E-state index contributed by atoms with van der Waals surface area (Å²) in [4.78, 5) is 16.2. The molecular formula is C32H47NO4Si2. The van der Waals surface area contributed by atoms with Gasteiger partial charge in [0.2, 0.25) is 0 Å². The van der Waals surface area contributed by atoms with Crippen LogP contribution < -0.4 is 0 Å². The van der Waals surface area contributed by atoms with Crippen molar-refractivity contribution in [2.75, 3.05) is 6.61 Å². The van der Waals surface area contributed by atoms with E-state index in [0.717, 1.165) is 40.4 Å². The number of hydrogen-bond acceptors (Lipinski definition) is 4. The number of carboxylic acid groups (broad SMARTS) is 1. The maximum absolute atomic E-state index is 11.6. The molecule has 2 aromatic carbocycles. The highest BCUT2D eigenvalue weighted by atomic mass is 28.4. The van der Waals surface area contributed by atoms with Crippen molar-refractivity contribution in [2.45, 2.75) is 96.6 Å². The molecule has 0 amide bonds. The molecule has 2 atom stereocenters. The Morgan fingerprint density at radius 2 is 1.74 bits per heavy atom. The second-order valence-electron chi connectivity index (χ2n) is 13.3. The van der Waals surface area contributed by atoms with Gasteiger partial charge in [-0.2, -0.15) is 0 Å². The lowest BCUT2D eigenvalue weighted by molar-refractivity contribution is -0.136. The van der Waals surface area contributed by atoms with Crippen molar-refractivity contribution in [3.05, 3.63) is 65.9 Å². The molecule has 0 aliphatic heterocycles. The van der Waals surface area contributed by atoms with Crippen molar-refractivity contribution in [3.63, 3.8) is 0 Å². The lowest BCUT2D eigenvalue weighted by Crippen LogP contribution is -2.44. The van der Waals surface area contributed by atoms with E-state index < -0.39 is 23.3 Å². The minimum Gasteiger partial charge on any atom is -0.481 e. The van der Waals surface area contributed by atoms with Crippen molar-refractivity contribution < 1.29 is 18.8 Å². The SMILES string of the molecule is C[SiH](OC(CCc1cccc(-c2c(CC(=O)O)cnc3ccccc23)c1)CO[Si](C)(C)C(C)(C)C)C(C)(C)C. The van der Waals surface area contributed by atoms with Crippen LogP contribution in [0.4, 0.5) is 0 Å². The first-order valence-electron chi connectivity index (χ1n) is 14.1. The third-order valence-corrected chi connectivity index (χ3v) is 16.0. The van der Waals surface area contributed by atoms with E-state index in [4.69, 9.17) is 8.85 Å². The van der Waals surface area contributed by atoms with Crippen LogP contribution in [-0.2, 0) is 26.5 Å². The summed E-state index contributed by atoms with van der Waals surface area (Å²) < 4.78 is 13.4. The topological polar surface area (TPSA) is 68.7 Å². The Kier molecular flexibility index (Phi) is 9.97. The molecule has 3 aromatic rings. The number of aliphatic carboxylic acids is 1. The number of aromatic nitrogens is 1. The van der Waals surface area contributed by atoms with Crippen LogP contribution in [0.15, 0.2) is 54.7 Å². The number of aryl methyl sites for hydroxylation is 1. The number of para-hydroxylation sites is 1. The molecule has 7 heteroatoms. The van der Waals surface area contributed by atoms with Crippen LogP contribution in [0.25, 0.3) is 22.0 Å². The fourth-order valence-corrected chi connectivity index (χ4v) is 6.47. The molecule has 0 aliphatic carbocycles. The van der Waals surface area contributed by atoms with Gasteiger partial charge in [-0.25, -0.2) is 0 Å². The molecule has 5 nitrogen and oxygen atoms in total. The minimum absolute atomic E-state index is 0.0491. The van der Waals surface area contributed by atoms with Gasteiger partial charge in [0.15, 0.2) is 17.4 Å². The van der Waals surface area contributed by atoms with E-state index in [-0.39, 0.29) is 22.6 Å². The molecule has 39 heavy (non-hydrogen) atoms. The normalized spacial score (nSPS) is 14.4. The van der Waals surface area contributed by atoms with Gasteiger partial charge >= 0.3 is 5.97 Å². The second-order valence-corrected chi connectivity index (χ2v) is 21.4. The standard InChI is InChI=1S/C32H47NO4Si2/c1-31(2,3)38(7)37-26(22-36-39(8,9)32(4,5)6)18-17-23-13-12-14-24(19-23)30-25(20-29(34)35)21-33-28-16-11-10-15-27(28)30/h10-16,19,21,26,38H,17-18,20,22H2,1-9H3,(H,34,35). The van der Waals surface area contributed by atoms with Gasteiger partial charge in [0.25, 0.3) is 0 Å². The Morgan fingerprint density at radius 1 is 1.05 bits per heavy atom. The van der Waals surface area contributed by atoms with Gasteiger partial charge in [-0.1, -0.05) is 84.0 Å². The molecule has 1 aromatic heterocycles. The van der Waals surface area contributed by atoms with E-state index in [9.17, 15) is 9.90 Å². The monoisotopic (exact) mass is 565 g/mol. The predicted octanol–water partition coefficient (Wildman–Crippen LogP) is 8.02. The first kappa shape index (κ1) is 31.2. The van der Waals surface area contributed by atoms with Gasteiger partial charge < -0.3 is 14.0 Å². The lowest BCUT2D eigenvalue weighted by Gasteiger charge is -2.38. The lowest BCUT2D eigenvalue weighted by atomic mass is 9.93. The number of benzene rings is 2. The number of nitrogens with zero attached hydrogens (tertiary/aromatic N) is 1. The Balaban J connectivity index is 1.88. The van der Waals surface area contributed by atoms with Crippen LogP contribution in [0, 0.1) is 0 Å². The molecule has 3 rings (SSSR count). The molecule has 0 spiro atoms. The maximum atomic E-state index is 11.6. The molecule has 0 aliphatic rings. The van der Waals surface area contributed by atoms with Crippen molar-refractivity contribution >= 4 is 34.2 Å². The van der Waals surface area contributed by atoms with E-state index >= 15 is 0 Å². The first-order chi connectivity index (χ1) is 18.1. The van der Waals surface area contributed by atoms with Crippen molar-refractivity contribution in [2.24, 2.45) is 0 Å². The Labute approximate surface area is 237 Å². The van der Waals surface area contributed by atoms with Crippen LogP contribution in [-0.4, -0.2) is 46.1 Å². The van der Waals surface area contributed by atoms with E-state index in [1.807, 2.05) is 24.3 Å². The summed E-state index contributed by atoms with van der Waals surface area (Å²) in [6.07, 6.45) is 3.44. The molecule has 212 valence electrons. The molecule has 2 unspecified atom stereocenters. The predicted molar refractivity (Wildman–Crippen MR) is 168 cm³/mol. The van der Waals surface area contributed by atoms with Crippen molar-refractivity contribution in [1.82, 2.24) is 4.98 Å². The van der Waals surface area contributed by atoms with Gasteiger partial charge in [0, 0.05) is 11.6 Å². The van der Waals surface area contributed by atoms with Crippen LogP contribution in [0.1, 0.15) is 59.1 Å². The largest absolute Gasteiger partial charge is 0.481 e. The maximum Gasteiger partial charge on any atom is 0.307 e. The number of carboxylic acids is 1. The Hall–Kier alpha value is -2.33. The van der Waals surface area contributed by atoms with Crippen molar-refractivity contribution in [3.8, 4) is 11.1 Å². The average molecular weight is 566 g/mol. The first-order valence-corrected chi connectivity index (χ1v) is 19.2. The van der Waals surface area contributed by atoms with E-state index in [1.165, 1.54) is 5.56 Å². The molecule has 1 heterocycles. The molecule has 1 N–H and O–H groups in total. The second kappa shape index (κ2) is 12.5. The van der Waals surface area contributed by atoms with Crippen LogP contribution >= 0.6 is 0 Å². The van der Waals surface area contributed by atoms with E-state index in [2.05, 4.69) is 90.4 Å². The highest BCUT2D eigenvalue weighted by Crippen LogP contribution is 2.37. The van der Waals surface area contributed by atoms with Crippen molar-refractivity contribution in [1.29, 1.82) is 0 Å². The summed E-state index contributed by atoms with van der Waals surface area (Å²) in [5.41, 5.74) is 4.78. The average Bonchev–Trinajstić information content (AvgIpc) is 2.84. The zero-order chi connectivity index (χ0) is 29.0. The number of pyridine rings is 1. The van der Waals surface area contributed by atoms with Gasteiger partial charge in [-0.15, -0.1) is 0 Å². The van der Waals surface area contributed by atoms with Crippen LogP contribution in [0.5, 0.6) is 0 Å². The van der Waals surface area contributed by atoms with E-state index in [0.29, 0.717) is 6.61 Å². The summed E-state index contributed by atoms with van der Waals surface area (Å²) in [6, 6.07) is 16.4. The number of fused-ring (bicyclic) bond motifs is 1. The summed E-state index contributed by atoms with van der Waals surface area (Å²) in [5.74, 6) is -0.858. The highest BCUT2D eigenvalue weighted by Gasteiger charge is 2.38. The minimum atomic E-state index is -1.89. The third-order valence-electron chi connectivity index (χ3n) is 8.22. The van der Waals surface area contributed by atoms with Crippen LogP contribution in [0.2, 0.25) is 29.7 Å². The zero-order valence-electron chi connectivity index (χ0n) is 25.3. The smallest absolute Gasteiger partial charge is 0.307 e. The van der Waals surface area contributed by atoms with Crippen LogP contribution in [0.3, 0.4) is 0 Å². The summed E-state index contributed by atoms with van der Waals surface area (Å²) in [6.45, 7) is 21.1. The molecular weight excluding hydrogens is 519 g/mol. The third kappa shape index (κ3) is 8.33. The highest BCUT2D eigenvalue weighted by molar-refractivity contribution is 6.74. The van der Waals surface area contributed by atoms with Gasteiger partial charge in [-0.05, 0) is 70.9 Å². The summed E-state index contributed by atoms with van der Waals surface area (Å²) in [5, 5.41) is 10.9. The molecule has 0 saturated carbocycles. The molecule has 0 radical (unpaired) electrons.